The van der Waals surface area contributed by atoms with E-state index in [4.69, 9.17) is 21.4 Å². The average molecular weight is 560 g/mol. The Labute approximate surface area is 223 Å². The molecule has 0 saturated heterocycles. The quantitative estimate of drug-likeness (QED) is 0.224. The molecular weight excluding hydrogens is 531 g/mol. The van der Waals surface area contributed by atoms with Crippen LogP contribution >= 0.6 is 35.3 Å². The summed E-state index contributed by atoms with van der Waals surface area (Å²) in [5.41, 5.74) is 0.860. The topological polar surface area (TPSA) is 45.1 Å². The number of nitrogens with zero attached hydrogens (tertiary/aromatic N) is 3. The molecule has 2 amide bonds. The lowest BCUT2D eigenvalue weighted by molar-refractivity contribution is -0.137. The van der Waals surface area contributed by atoms with Crippen LogP contribution in [-0.2, 0) is 10.9 Å². The van der Waals surface area contributed by atoms with E-state index in [1.165, 1.54) is 33.4 Å². The molecule has 0 spiro atoms. The summed E-state index contributed by atoms with van der Waals surface area (Å²) < 4.78 is 45.7. The Morgan fingerprint density at radius 2 is 1.83 bits per heavy atom. The number of benzene rings is 2. The van der Waals surface area contributed by atoms with Crippen LogP contribution in [0, 0.1) is 5.41 Å². The smallest absolute Gasteiger partial charge is 0.384 e. The molecule has 1 unspecified atom stereocenters. The molecular formula is C25H29ClF3N3O2S2. The zero-order valence-corrected chi connectivity index (χ0v) is 22.7. The fraction of sp³-hybridized carbons (Fsp3) is 0.440. The first-order chi connectivity index (χ1) is 17.1. The number of urea groups is 1. The standard InChI is InChI=1S/C25H29ClF3N3O2S2/c1-24(13-4-15-35-3)17-31(30-22(24)18-5-9-20(26)10-6-18)23(33)32(36-16-14-34-2)21-11-7-19(8-12-21)25(27,28)29/h5-12H,4,13-17H2,1-3H3. The molecule has 0 aromatic heterocycles. The monoisotopic (exact) mass is 559 g/mol. The summed E-state index contributed by atoms with van der Waals surface area (Å²) in [6, 6.07) is 11.5. The van der Waals surface area contributed by atoms with Gasteiger partial charge in [0.15, 0.2) is 0 Å². The van der Waals surface area contributed by atoms with Gasteiger partial charge in [-0.25, -0.2) is 14.1 Å². The van der Waals surface area contributed by atoms with Crippen molar-refractivity contribution in [2.45, 2.75) is 25.9 Å². The molecule has 1 heterocycles. The second kappa shape index (κ2) is 12.6. The van der Waals surface area contributed by atoms with Crippen molar-refractivity contribution in [2.24, 2.45) is 10.5 Å². The summed E-state index contributed by atoms with van der Waals surface area (Å²) in [7, 11) is 1.55. The Hall–Kier alpha value is -1.88. The summed E-state index contributed by atoms with van der Waals surface area (Å²) >= 11 is 9.02. The molecule has 0 N–H and O–H groups in total. The minimum Gasteiger partial charge on any atom is -0.384 e. The van der Waals surface area contributed by atoms with Crippen LogP contribution in [0.4, 0.5) is 23.7 Å². The summed E-state index contributed by atoms with van der Waals surface area (Å²) in [5.74, 6) is 1.43. The number of hydrogen-bond acceptors (Lipinski definition) is 5. The van der Waals surface area contributed by atoms with Gasteiger partial charge in [-0.15, -0.1) is 0 Å². The number of alkyl halides is 3. The zero-order valence-electron chi connectivity index (χ0n) is 20.3. The highest BCUT2D eigenvalue weighted by atomic mass is 35.5. The number of methoxy groups -OCH3 is 1. The lowest BCUT2D eigenvalue weighted by Crippen LogP contribution is -2.39. The number of hydrogen-bond donors (Lipinski definition) is 0. The van der Waals surface area contributed by atoms with Crippen LogP contribution in [0.2, 0.25) is 5.02 Å². The highest BCUT2D eigenvalue weighted by molar-refractivity contribution is 8.01. The predicted molar refractivity (Wildman–Crippen MR) is 144 cm³/mol. The molecule has 1 aliphatic heterocycles. The zero-order chi connectivity index (χ0) is 26.3. The van der Waals surface area contributed by atoms with Crippen LogP contribution in [0.5, 0.6) is 0 Å². The van der Waals surface area contributed by atoms with Crippen molar-refractivity contribution in [3.8, 4) is 0 Å². The van der Waals surface area contributed by atoms with Gasteiger partial charge in [0, 0.05) is 23.3 Å². The van der Waals surface area contributed by atoms with Crippen molar-refractivity contribution in [1.82, 2.24) is 5.01 Å². The number of thioether (sulfide) groups is 1. The van der Waals surface area contributed by atoms with Crippen molar-refractivity contribution in [3.63, 3.8) is 0 Å². The Morgan fingerprint density at radius 1 is 1.17 bits per heavy atom. The lowest BCUT2D eigenvalue weighted by atomic mass is 9.78. The van der Waals surface area contributed by atoms with Gasteiger partial charge in [0.05, 0.1) is 30.1 Å². The summed E-state index contributed by atoms with van der Waals surface area (Å²) in [6.07, 6.45) is -0.615. The third-order valence-corrected chi connectivity index (χ3v) is 7.74. The third-order valence-electron chi connectivity index (χ3n) is 5.82. The number of carbonyl (C=O) groups is 1. The van der Waals surface area contributed by atoms with E-state index in [0.29, 0.717) is 29.6 Å². The average Bonchev–Trinajstić information content (AvgIpc) is 3.19. The van der Waals surface area contributed by atoms with E-state index in [0.717, 1.165) is 42.0 Å². The predicted octanol–water partition coefficient (Wildman–Crippen LogP) is 7.45. The van der Waals surface area contributed by atoms with Crippen molar-refractivity contribution >= 4 is 52.7 Å². The van der Waals surface area contributed by atoms with Crippen LogP contribution in [0.1, 0.15) is 30.9 Å². The molecule has 0 bridgehead atoms. The molecule has 3 rings (SSSR count). The number of halogens is 4. The summed E-state index contributed by atoms with van der Waals surface area (Å²) in [4.78, 5) is 13.7. The minimum atomic E-state index is -4.46. The summed E-state index contributed by atoms with van der Waals surface area (Å²) in [5, 5.41) is 6.76. The van der Waals surface area contributed by atoms with Crippen molar-refractivity contribution < 1.29 is 22.7 Å². The first kappa shape index (κ1) is 28.7. The van der Waals surface area contributed by atoms with E-state index in [1.54, 1.807) is 31.0 Å². The maximum Gasteiger partial charge on any atom is 0.416 e. The van der Waals surface area contributed by atoms with Crippen molar-refractivity contribution in [1.29, 1.82) is 0 Å². The second-order valence-corrected chi connectivity index (χ2v) is 11.1. The third kappa shape index (κ3) is 7.12. The largest absolute Gasteiger partial charge is 0.416 e. The fourth-order valence-electron chi connectivity index (χ4n) is 3.95. The highest BCUT2D eigenvalue weighted by Gasteiger charge is 2.42. The van der Waals surface area contributed by atoms with Gasteiger partial charge >= 0.3 is 12.2 Å². The highest BCUT2D eigenvalue weighted by Crippen LogP contribution is 2.38. The Balaban J connectivity index is 1.93. The number of carbonyl (C=O) groups excluding carboxylic acids is 1. The molecule has 36 heavy (non-hydrogen) atoms. The lowest BCUT2D eigenvalue weighted by Gasteiger charge is -2.29. The molecule has 0 aliphatic carbocycles. The number of hydrazone groups is 1. The van der Waals surface area contributed by atoms with Crippen LogP contribution in [0.3, 0.4) is 0 Å². The molecule has 0 saturated carbocycles. The van der Waals surface area contributed by atoms with E-state index in [-0.39, 0.29) is 5.41 Å². The van der Waals surface area contributed by atoms with E-state index < -0.39 is 17.8 Å². The maximum atomic E-state index is 13.7. The van der Waals surface area contributed by atoms with Gasteiger partial charge < -0.3 is 4.74 Å². The molecule has 11 heteroatoms. The van der Waals surface area contributed by atoms with Gasteiger partial charge in [0.25, 0.3) is 0 Å². The minimum absolute atomic E-state index is 0.341. The maximum absolute atomic E-state index is 13.7. The molecule has 1 atom stereocenters. The van der Waals surface area contributed by atoms with Gasteiger partial charge in [-0.1, -0.05) is 30.7 Å². The normalized spacial score (nSPS) is 17.9. The Bertz CT molecular complexity index is 1050. The Morgan fingerprint density at radius 3 is 2.42 bits per heavy atom. The van der Waals surface area contributed by atoms with E-state index >= 15 is 0 Å². The molecule has 1 aliphatic rings. The van der Waals surface area contributed by atoms with E-state index in [9.17, 15) is 18.0 Å². The van der Waals surface area contributed by atoms with Gasteiger partial charge in [-0.2, -0.15) is 30.0 Å². The first-order valence-corrected chi connectivity index (χ1v) is 14.0. The fourth-order valence-corrected chi connectivity index (χ4v) is 5.41. The second-order valence-electron chi connectivity index (χ2n) is 8.62. The molecule has 2 aromatic carbocycles. The molecule has 196 valence electrons. The van der Waals surface area contributed by atoms with Gasteiger partial charge in [0.1, 0.15) is 0 Å². The molecule has 0 fully saturated rings. The number of amides is 2. The number of anilines is 1. The van der Waals surface area contributed by atoms with Gasteiger partial charge in [0.2, 0.25) is 0 Å². The summed E-state index contributed by atoms with van der Waals surface area (Å²) in [6.45, 7) is 2.83. The van der Waals surface area contributed by atoms with Crippen LogP contribution in [0.25, 0.3) is 0 Å². The number of rotatable bonds is 10. The Kier molecular flexibility index (Phi) is 10.0. The van der Waals surface area contributed by atoms with Crippen molar-refractivity contribution in [2.75, 3.05) is 42.3 Å². The van der Waals surface area contributed by atoms with Crippen molar-refractivity contribution in [3.05, 3.63) is 64.7 Å². The first-order valence-electron chi connectivity index (χ1n) is 11.3. The molecule has 5 nitrogen and oxygen atoms in total. The van der Waals surface area contributed by atoms with Crippen LogP contribution in [0.15, 0.2) is 53.6 Å². The van der Waals surface area contributed by atoms with Gasteiger partial charge in [-0.3, -0.25) is 0 Å². The van der Waals surface area contributed by atoms with Gasteiger partial charge in [-0.05, 0) is 78.8 Å². The van der Waals surface area contributed by atoms with Crippen LogP contribution < -0.4 is 4.31 Å². The van der Waals surface area contributed by atoms with E-state index in [2.05, 4.69) is 13.2 Å². The molecule has 0 radical (unpaired) electrons. The number of ether oxygens (including phenoxy) is 1. The van der Waals surface area contributed by atoms with E-state index in [1.807, 2.05) is 12.1 Å². The SMILES string of the molecule is COCCSN(C(=O)N1CC(C)(CCCSC)C(c2ccc(Cl)cc2)=N1)c1ccc(C(F)(F)F)cc1. The molecule has 2 aromatic rings. The van der Waals surface area contributed by atoms with Crippen LogP contribution in [-0.4, -0.2) is 54.8 Å².